The van der Waals surface area contributed by atoms with E-state index in [-0.39, 0.29) is 0 Å². The summed E-state index contributed by atoms with van der Waals surface area (Å²) in [6.45, 7) is 1.86. The Morgan fingerprint density at radius 3 is 2.65 bits per heavy atom. The standard InChI is InChI=1S/C14H21NOS/c1-2-4-12(3-1)16-10-14-8-7-13(17-14)9-15-11-5-6-11/h7-8,11-12,15H,1-6,9-10H2. The van der Waals surface area contributed by atoms with Crippen molar-refractivity contribution >= 4 is 11.3 Å². The number of thiophene rings is 1. The normalized spacial score (nSPS) is 21.2. The SMILES string of the molecule is c1cc(COC2CCCC2)sc1CNC1CC1. The molecule has 2 aliphatic carbocycles. The molecule has 1 aromatic rings. The molecule has 0 saturated heterocycles. The molecule has 3 rings (SSSR count). The van der Waals surface area contributed by atoms with E-state index < -0.39 is 0 Å². The van der Waals surface area contributed by atoms with E-state index in [1.807, 2.05) is 11.3 Å². The maximum atomic E-state index is 5.93. The quantitative estimate of drug-likeness (QED) is 0.836. The first-order chi connectivity index (χ1) is 8.40. The van der Waals surface area contributed by atoms with Crippen LogP contribution in [0.1, 0.15) is 48.3 Å². The van der Waals surface area contributed by atoms with Crippen LogP contribution >= 0.6 is 11.3 Å². The zero-order valence-corrected chi connectivity index (χ0v) is 11.1. The van der Waals surface area contributed by atoms with E-state index in [0.717, 1.165) is 19.2 Å². The Labute approximate surface area is 107 Å². The molecular formula is C14H21NOS. The second-order valence-electron chi connectivity index (χ2n) is 5.24. The lowest BCUT2D eigenvalue weighted by molar-refractivity contribution is 0.0473. The minimum atomic E-state index is 0.533. The van der Waals surface area contributed by atoms with Crippen molar-refractivity contribution in [1.82, 2.24) is 5.32 Å². The van der Waals surface area contributed by atoms with Crippen LogP contribution in [0.25, 0.3) is 0 Å². The van der Waals surface area contributed by atoms with Gasteiger partial charge < -0.3 is 10.1 Å². The molecule has 17 heavy (non-hydrogen) atoms. The minimum absolute atomic E-state index is 0.533. The van der Waals surface area contributed by atoms with Crippen molar-refractivity contribution in [3.63, 3.8) is 0 Å². The van der Waals surface area contributed by atoms with Crippen molar-refractivity contribution < 1.29 is 4.74 Å². The smallest absolute Gasteiger partial charge is 0.0813 e. The summed E-state index contributed by atoms with van der Waals surface area (Å²) in [5.41, 5.74) is 0. The summed E-state index contributed by atoms with van der Waals surface area (Å²) < 4.78 is 5.93. The average Bonchev–Trinajstić information content (AvgIpc) is 2.86. The van der Waals surface area contributed by atoms with E-state index in [1.54, 1.807) is 0 Å². The highest BCUT2D eigenvalue weighted by Crippen LogP contribution is 2.25. The molecule has 2 nitrogen and oxygen atoms in total. The molecule has 0 aromatic carbocycles. The van der Waals surface area contributed by atoms with E-state index in [4.69, 9.17) is 4.74 Å². The Bertz CT molecular complexity index is 353. The van der Waals surface area contributed by atoms with Crippen LogP contribution < -0.4 is 5.32 Å². The molecule has 1 heterocycles. The van der Waals surface area contributed by atoms with Crippen LogP contribution in [0.2, 0.25) is 0 Å². The van der Waals surface area contributed by atoms with Crippen molar-refractivity contribution in [2.75, 3.05) is 0 Å². The topological polar surface area (TPSA) is 21.3 Å². The van der Waals surface area contributed by atoms with Crippen LogP contribution in [0.3, 0.4) is 0 Å². The van der Waals surface area contributed by atoms with Gasteiger partial charge in [0.2, 0.25) is 0 Å². The van der Waals surface area contributed by atoms with E-state index in [2.05, 4.69) is 17.4 Å². The summed E-state index contributed by atoms with van der Waals surface area (Å²) >= 11 is 1.90. The van der Waals surface area contributed by atoms with Gasteiger partial charge in [-0.25, -0.2) is 0 Å². The first-order valence-corrected chi connectivity index (χ1v) is 7.64. The Morgan fingerprint density at radius 2 is 1.88 bits per heavy atom. The summed E-state index contributed by atoms with van der Waals surface area (Å²) in [4.78, 5) is 2.83. The van der Waals surface area contributed by atoms with Gasteiger partial charge in [0.05, 0.1) is 12.7 Å². The zero-order valence-electron chi connectivity index (χ0n) is 10.3. The lowest BCUT2D eigenvalue weighted by Gasteiger charge is -2.09. The average molecular weight is 251 g/mol. The molecule has 94 valence electrons. The fraction of sp³-hybridized carbons (Fsp3) is 0.714. The second kappa shape index (κ2) is 5.51. The highest BCUT2D eigenvalue weighted by molar-refractivity contribution is 7.11. The minimum Gasteiger partial charge on any atom is -0.373 e. The molecular weight excluding hydrogens is 230 g/mol. The van der Waals surface area contributed by atoms with Crippen LogP contribution in [-0.4, -0.2) is 12.1 Å². The van der Waals surface area contributed by atoms with E-state index in [1.165, 1.54) is 48.3 Å². The molecule has 0 radical (unpaired) electrons. The summed E-state index contributed by atoms with van der Waals surface area (Å²) in [5.74, 6) is 0. The third kappa shape index (κ3) is 3.54. The highest BCUT2D eigenvalue weighted by Gasteiger charge is 2.20. The molecule has 2 aliphatic rings. The van der Waals surface area contributed by atoms with Crippen LogP contribution in [0.15, 0.2) is 12.1 Å². The van der Waals surface area contributed by atoms with Gasteiger partial charge in [-0.15, -0.1) is 11.3 Å². The first kappa shape index (κ1) is 11.7. The molecule has 0 aliphatic heterocycles. The van der Waals surface area contributed by atoms with Gasteiger partial charge in [-0.2, -0.15) is 0 Å². The molecule has 1 aromatic heterocycles. The second-order valence-corrected chi connectivity index (χ2v) is 6.49. The van der Waals surface area contributed by atoms with Gasteiger partial charge in [0.15, 0.2) is 0 Å². The van der Waals surface area contributed by atoms with Gasteiger partial charge in [-0.1, -0.05) is 12.8 Å². The number of hydrogen-bond acceptors (Lipinski definition) is 3. The summed E-state index contributed by atoms with van der Waals surface area (Å²) in [6.07, 6.45) is 8.50. The summed E-state index contributed by atoms with van der Waals surface area (Å²) in [5, 5.41) is 3.55. The maximum absolute atomic E-state index is 5.93. The number of nitrogens with one attached hydrogen (secondary N) is 1. The van der Waals surface area contributed by atoms with Gasteiger partial charge in [0.1, 0.15) is 0 Å². The van der Waals surface area contributed by atoms with E-state index in [9.17, 15) is 0 Å². The molecule has 2 fully saturated rings. The number of hydrogen-bond donors (Lipinski definition) is 1. The largest absolute Gasteiger partial charge is 0.373 e. The molecule has 0 atom stereocenters. The molecule has 0 unspecified atom stereocenters. The van der Waals surface area contributed by atoms with Gasteiger partial charge in [-0.05, 0) is 37.8 Å². The van der Waals surface area contributed by atoms with Crippen molar-refractivity contribution in [3.8, 4) is 0 Å². The lowest BCUT2D eigenvalue weighted by Crippen LogP contribution is -2.14. The summed E-state index contributed by atoms with van der Waals surface area (Å²) in [7, 11) is 0. The number of ether oxygens (including phenoxy) is 1. The predicted octanol–water partition coefficient (Wildman–Crippen LogP) is 3.46. The Hall–Kier alpha value is -0.380. The van der Waals surface area contributed by atoms with Gasteiger partial charge >= 0.3 is 0 Å². The zero-order chi connectivity index (χ0) is 11.5. The van der Waals surface area contributed by atoms with Gasteiger partial charge in [-0.3, -0.25) is 0 Å². The number of rotatable bonds is 6. The fourth-order valence-electron chi connectivity index (χ4n) is 2.38. The Kier molecular flexibility index (Phi) is 3.79. The fourth-order valence-corrected chi connectivity index (χ4v) is 3.27. The predicted molar refractivity (Wildman–Crippen MR) is 71.2 cm³/mol. The van der Waals surface area contributed by atoms with Crippen molar-refractivity contribution in [2.45, 2.75) is 63.8 Å². The van der Waals surface area contributed by atoms with Crippen LogP contribution in [0, 0.1) is 0 Å². The van der Waals surface area contributed by atoms with Crippen LogP contribution in [-0.2, 0) is 17.9 Å². The molecule has 0 bridgehead atoms. The lowest BCUT2D eigenvalue weighted by atomic mass is 10.3. The molecule has 1 N–H and O–H groups in total. The van der Waals surface area contributed by atoms with Crippen molar-refractivity contribution in [1.29, 1.82) is 0 Å². The van der Waals surface area contributed by atoms with E-state index in [0.29, 0.717) is 6.10 Å². The van der Waals surface area contributed by atoms with E-state index >= 15 is 0 Å². The third-order valence-corrected chi connectivity index (χ3v) is 4.68. The Balaban J connectivity index is 1.42. The monoisotopic (exact) mass is 251 g/mol. The molecule has 0 amide bonds. The van der Waals surface area contributed by atoms with Gasteiger partial charge in [0.25, 0.3) is 0 Å². The van der Waals surface area contributed by atoms with Crippen molar-refractivity contribution in [2.24, 2.45) is 0 Å². The third-order valence-electron chi connectivity index (χ3n) is 3.62. The first-order valence-electron chi connectivity index (χ1n) is 6.83. The van der Waals surface area contributed by atoms with Crippen molar-refractivity contribution in [3.05, 3.63) is 21.9 Å². The highest BCUT2D eigenvalue weighted by atomic mass is 32.1. The molecule has 0 spiro atoms. The van der Waals surface area contributed by atoms with Crippen LogP contribution in [0.5, 0.6) is 0 Å². The van der Waals surface area contributed by atoms with Gasteiger partial charge in [0, 0.05) is 22.3 Å². The summed E-state index contributed by atoms with van der Waals surface area (Å²) in [6, 6.07) is 5.27. The maximum Gasteiger partial charge on any atom is 0.0813 e. The van der Waals surface area contributed by atoms with Crippen LogP contribution in [0.4, 0.5) is 0 Å². The molecule has 2 saturated carbocycles. The molecule has 3 heteroatoms. The Morgan fingerprint density at radius 1 is 1.12 bits per heavy atom.